The van der Waals surface area contributed by atoms with E-state index in [-0.39, 0.29) is 6.04 Å². The van der Waals surface area contributed by atoms with E-state index >= 15 is 0 Å². The first-order chi connectivity index (χ1) is 9.93. The number of aliphatic carboxylic acids is 1. The molecule has 1 aromatic carbocycles. The van der Waals surface area contributed by atoms with Gasteiger partial charge in [-0.1, -0.05) is 17.7 Å². The highest BCUT2D eigenvalue weighted by molar-refractivity contribution is 5.80. The van der Waals surface area contributed by atoms with Gasteiger partial charge in [-0.25, -0.2) is 4.79 Å². The zero-order valence-electron chi connectivity index (χ0n) is 13.1. The van der Waals surface area contributed by atoms with Crippen LogP contribution in [0, 0.1) is 0 Å². The molecule has 5 nitrogen and oxygen atoms in total. The van der Waals surface area contributed by atoms with Crippen molar-refractivity contribution in [2.75, 3.05) is 34.3 Å². The second-order valence-corrected chi connectivity index (χ2v) is 5.22. The van der Waals surface area contributed by atoms with E-state index in [0.717, 1.165) is 23.4 Å². The van der Waals surface area contributed by atoms with Crippen molar-refractivity contribution in [2.24, 2.45) is 0 Å². The Morgan fingerprint density at radius 1 is 1.48 bits per heavy atom. The lowest BCUT2D eigenvalue weighted by atomic mass is 10.1. The molecule has 0 aliphatic carbocycles. The minimum Gasteiger partial charge on any atom is -0.497 e. The second kappa shape index (κ2) is 8.44. The largest absolute Gasteiger partial charge is 0.497 e. The molecule has 0 aromatic heterocycles. The van der Waals surface area contributed by atoms with Gasteiger partial charge in [-0.3, -0.25) is 0 Å². The molecule has 1 atom stereocenters. The Kier molecular flexibility index (Phi) is 6.91. The fourth-order valence-electron chi connectivity index (χ4n) is 2.12. The van der Waals surface area contributed by atoms with E-state index in [1.807, 2.05) is 32.3 Å². The van der Waals surface area contributed by atoms with Crippen molar-refractivity contribution in [3.63, 3.8) is 0 Å². The van der Waals surface area contributed by atoms with E-state index < -0.39 is 5.97 Å². The van der Waals surface area contributed by atoms with Crippen LogP contribution in [0.15, 0.2) is 35.9 Å². The maximum absolute atomic E-state index is 10.6. The Hall–Kier alpha value is -1.85. The van der Waals surface area contributed by atoms with E-state index in [2.05, 4.69) is 16.3 Å². The van der Waals surface area contributed by atoms with Crippen molar-refractivity contribution in [1.82, 2.24) is 10.2 Å². The van der Waals surface area contributed by atoms with Gasteiger partial charge in [0.25, 0.3) is 0 Å². The van der Waals surface area contributed by atoms with Crippen molar-refractivity contribution in [3.8, 4) is 5.75 Å². The summed E-state index contributed by atoms with van der Waals surface area (Å²) in [5, 5.41) is 12.0. The molecule has 0 fully saturated rings. The number of ether oxygens (including phenoxy) is 1. The highest BCUT2D eigenvalue weighted by atomic mass is 16.5. The summed E-state index contributed by atoms with van der Waals surface area (Å²) in [7, 11) is 5.69. The molecule has 0 aliphatic heterocycles. The van der Waals surface area contributed by atoms with Crippen LogP contribution < -0.4 is 10.1 Å². The molecule has 21 heavy (non-hydrogen) atoms. The summed E-state index contributed by atoms with van der Waals surface area (Å²) in [6, 6.07) is 8.17. The molecule has 116 valence electrons. The third-order valence-corrected chi connectivity index (χ3v) is 3.21. The fourth-order valence-corrected chi connectivity index (χ4v) is 2.12. The Bertz CT molecular complexity index is 498. The van der Waals surface area contributed by atoms with E-state index in [4.69, 9.17) is 9.84 Å². The summed E-state index contributed by atoms with van der Waals surface area (Å²) in [6.07, 6.45) is 1.23. The van der Waals surface area contributed by atoms with Crippen molar-refractivity contribution in [3.05, 3.63) is 41.5 Å². The standard InChI is InChI=1S/C16H24N2O3/c1-12(8-16(19)20)10-17-11-15(18(2)3)13-6-5-7-14(9-13)21-4/h5-9,15,17H,10-11H2,1-4H3,(H,19,20)/b12-8+. The highest BCUT2D eigenvalue weighted by Crippen LogP contribution is 2.22. The van der Waals surface area contributed by atoms with Gasteiger partial charge in [0.1, 0.15) is 5.75 Å². The quantitative estimate of drug-likeness (QED) is 0.717. The number of nitrogens with zero attached hydrogens (tertiary/aromatic N) is 1. The van der Waals surface area contributed by atoms with Gasteiger partial charge < -0.3 is 20.1 Å². The van der Waals surface area contributed by atoms with Crippen molar-refractivity contribution >= 4 is 5.97 Å². The van der Waals surface area contributed by atoms with Crippen LogP contribution in [-0.2, 0) is 4.79 Å². The lowest BCUT2D eigenvalue weighted by molar-refractivity contribution is -0.131. The molecular formula is C16H24N2O3. The minimum absolute atomic E-state index is 0.192. The van der Waals surface area contributed by atoms with Crippen molar-refractivity contribution in [2.45, 2.75) is 13.0 Å². The normalized spacial score (nSPS) is 13.3. The number of hydrogen-bond acceptors (Lipinski definition) is 4. The van der Waals surface area contributed by atoms with Crippen LogP contribution >= 0.6 is 0 Å². The van der Waals surface area contributed by atoms with Gasteiger partial charge in [0, 0.05) is 25.2 Å². The summed E-state index contributed by atoms with van der Waals surface area (Å²) in [4.78, 5) is 12.7. The first-order valence-electron chi connectivity index (χ1n) is 6.85. The van der Waals surface area contributed by atoms with E-state index in [1.165, 1.54) is 6.08 Å². The zero-order chi connectivity index (χ0) is 15.8. The smallest absolute Gasteiger partial charge is 0.328 e. The van der Waals surface area contributed by atoms with E-state index in [9.17, 15) is 4.79 Å². The van der Waals surface area contributed by atoms with Gasteiger partial charge in [0.05, 0.1) is 7.11 Å². The molecule has 0 radical (unpaired) electrons. The second-order valence-electron chi connectivity index (χ2n) is 5.22. The topological polar surface area (TPSA) is 61.8 Å². The molecule has 0 saturated heterocycles. The average Bonchev–Trinajstić information content (AvgIpc) is 2.42. The molecule has 1 unspecified atom stereocenters. The number of hydrogen-bond donors (Lipinski definition) is 2. The Morgan fingerprint density at radius 3 is 2.76 bits per heavy atom. The van der Waals surface area contributed by atoms with Gasteiger partial charge in [0.2, 0.25) is 0 Å². The van der Waals surface area contributed by atoms with Gasteiger partial charge >= 0.3 is 5.97 Å². The first-order valence-corrected chi connectivity index (χ1v) is 6.85. The SMILES string of the molecule is COc1cccc(C(CNC/C(C)=C/C(=O)O)N(C)C)c1. The zero-order valence-corrected chi connectivity index (χ0v) is 13.1. The predicted molar refractivity (Wildman–Crippen MR) is 83.7 cm³/mol. The van der Waals surface area contributed by atoms with E-state index in [1.54, 1.807) is 14.0 Å². The van der Waals surface area contributed by atoms with Gasteiger partial charge in [-0.05, 0) is 38.7 Å². The summed E-state index contributed by atoms with van der Waals surface area (Å²) < 4.78 is 5.26. The molecule has 0 heterocycles. The molecule has 0 aliphatic rings. The number of methoxy groups -OCH3 is 1. The Balaban J connectivity index is 2.68. The highest BCUT2D eigenvalue weighted by Gasteiger charge is 2.14. The maximum Gasteiger partial charge on any atom is 0.328 e. The van der Waals surface area contributed by atoms with Crippen molar-refractivity contribution < 1.29 is 14.6 Å². The molecular weight excluding hydrogens is 268 g/mol. The molecule has 0 saturated carbocycles. The first kappa shape index (κ1) is 17.2. The van der Waals surface area contributed by atoms with Gasteiger partial charge in [0.15, 0.2) is 0 Å². The third kappa shape index (κ3) is 5.97. The monoisotopic (exact) mass is 292 g/mol. The van der Waals surface area contributed by atoms with Gasteiger partial charge in [-0.15, -0.1) is 0 Å². The van der Waals surface area contributed by atoms with Crippen LogP contribution in [0.2, 0.25) is 0 Å². The lowest BCUT2D eigenvalue weighted by Crippen LogP contribution is -2.31. The molecule has 0 bridgehead atoms. The number of carboxylic acid groups (broad SMARTS) is 1. The lowest BCUT2D eigenvalue weighted by Gasteiger charge is -2.25. The molecule has 5 heteroatoms. The molecule has 2 N–H and O–H groups in total. The molecule has 0 spiro atoms. The number of carboxylic acids is 1. The van der Waals surface area contributed by atoms with E-state index in [0.29, 0.717) is 6.54 Å². The number of carbonyl (C=O) groups is 1. The van der Waals surface area contributed by atoms with Crippen molar-refractivity contribution in [1.29, 1.82) is 0 Å². The van der Waals surface area contributed by atoms with Crippen LogP contribution in [0.1, 0.15) is 18.5 Å². The predicted octanol–water partition coefficient (Wildman–Crippen LogP) is 1.92. The molecule has 1 aromatic rings. The van der Waals surface area contributed by atoms with Crippen LogP contribution in [0.25, 0.3) is 0 Å². The fraction of sp³-hybridized carbons (Fsp3) is 0.438. The Labute approximate surface area is 126 Å². The molecule has 0 amide bonds. The summed E-state index contributed by atoms with van der Waals surface area (Å²) >= 11 is 0. The summed E-state index contributed by atoms with van der Waals surface area (Å²) in [6.45, 7) is 3.09. The number of benzene rings is 1. The Morgan fingerprint density at radius 2 is 2.19 bits per heavy atom. The number of nitrogens with one attached hydrogen (secondary N) is 1. The molecule has 1 rings (SSSR count). The van der Waals surface area contributed by atoms with Crippen LogP contribution in [0.4, 0.5) is 0 Å². The van der Waals surface area contributed by atoms with Crippen LogP contribution in [0.5, 0.6) is 5.75 Å². The minimum atomic E-state index is -0.911. The number of rotatable bonds is 8. The third-order valence-electron chi connectivity index (χ3n) is 3.21. The average molecular weight is 292 g/mol. The summed E-state index contributed by atoms with van der Waals surface area (Å²) in [5.74, 6) is -0.0763. The summed E-state index contributed by atoms with van der Waals surface area (Å²) in [5.41, 5.74) is 1.96. The number of likely N-dealkylation sites (N-methyl/N-ethyl adjacent to an activating group) is 1. The van der Waals surface area contributed by atoms with Crippen LogP contribution in [-0.4, -0.2) is 50.3 Å². The van der Waals surface area contributed by atoms with Crippen LogP contribution in [0.3, 0.4) is 0 Å². The maximum atomic E-state index is 10.6. The van der Waals surface area contributed by atoms with Gasteiger partial charge in [-0.2, -0.15) is 0 Å².